The van der Waals surface area contributed by atoms with Crippen LogP contribution in [-0.2, 0) is 6.18 Å². The standard InChI is InChI=1S/C11H6Cl2F3N/c12-7-5-8(11(14,15)16)10(9(13)6-7)17-3-1-2-4-17/h1-6H. The van der Waals surface area contributed by atoms with Gasteiger partial charge in [0, 0.05) is 17.4 Å². The molecular weight excluding hydrogens is 274 g/mol. The highest BCUT2D eigenvalue weighted by atomic mass is 35.5. The third kappa shape index (κ3) is 2.42. The van der Waals surface area contributed by atoms with Crippen LogP contribution in [0.5, 0.6) is 0 Å². The van der Waals surface area contributed by atoms with Crippen LogP contribution in [0.15, 0.2) is 36.7 Å². The molecule has 0 radical (unpaired) electrons. The first kappa shape index (κ1) is 12.3. The Bertz CT molecular complexity index is 532. The van der Waals surface area contributed by atoms with Crippen LogP contribution in [0.2, 0.25) is 10.0 Å². The quantitative estimate of drug-likeness (QED) is 0.706. The van der Waals surface area contributed by atoms with Crippen LogP contribution in [0.4, 0.5) is 13.2 Å². The Morgan fingerprint density at radius 2 is 1.59 bits per heavy atom. The highest BCUT2D eigenvalue weighted by Gasteiger charge is 2.35. The van der Waals surface area contributed by atoms with Crippen molar-refractivity contribution in [2.75, 3.05) is 0 Å². The molecule has 2 aromatic rings. The second-order valence-corrected chi connectivity index (χ2v) is 4.22. The lowest BCUT2D eigenvalue weighted by Crippen LogP contribution is -2.10. The molecule has 0 atom stereocenters. The summed E-state index contributed by atoms with van der Waals surface area (Å²) in [4.78, 5) is 0. The third-order valence-electron chi connectivity index (χ3n) is 2.20. The Hall–Kier alpha value is -1.13. The van der Waals surface area contributed by atoms with Crippen molar-refractivity contribution in [3.8, 4) is 5.69 Å². The molecule has 1 nitrogen and oxygen atoms in total. The van der Waals surface area contributed by atoms with Crippen LogP contribution in [0.3, 0.4) is 0 Å². The van der Waals surface area contributed by atoms with E-state index in [4.69, 9.17) is 23.2 Å². The summed E-state index contributed by atoms with van der Waals surface area (Å²) in [5.74, 6) is 0. The van der Waals surface area contributed by atoms with Crippen molar-refractivity contribution in [3.05, 3.63) is 52.3 Å². The average Bonchev–Trinajstić information content (AvgIpc) is 2.67. The summed E-state index contributed by atoms with van der Waals surface area (Å²) in [7, 11) is 0. The summed E-state index contributed by atoms with van der Waals surface area (Å²) in [6, 6.07) is 5.38. The second kappa shape index (κ2) is 4.27. The van der Waals surface area contributed by atoms with Crippen molar-refractivity contribution in [2.45, 2.75) is 6.18 Å². The average molecular weight is 280 g/mol. The van der Waals surface area contributed by atoms with Gasteiger partial charge < -0.3 is 4.57 Å². The number of rotatable bonds is 1. The van der Waals surface area contributed by atoms with Crippen LogP contribution in [0.25, 0.3) is 5.69 Å². The fraction of sp³-hybridized carbons (Fsp3) is 0.0909. The number of alkyl halides is 3. The molecule has 17 heavy (non-hydrogen) atoms. The van der Waals surface area contributed by atoms with E-state index in [2.05, 4.69) is 0 Å². The number of aromatic nitrogens is 1. The molecule has 0 aliphatic rings. The molecule has 0 N–H and O–H groups in total. The van der Waals surface area contributed by atoms with Gasteiger partial charge in [0.2, 0.25) is 0 Å². The topological polar surface area (TPSA) is 4.93 Å². The van der Waals surface area contributed by atoms with E-state index < -0.39 is 11.7 Å². The van der Waals surface area contributed by atoms with E-state index in [1.165, 1.54) is 23.0 Å². The van der Waals surface area contributed by atoms with Crippen LogP contribution in [0, 0.1) is 0 Å². The predicted octanol–water partition coefficient (Wildman–Crippen LogP) is 4.80. The molecule has 1 heterocycles. The lowest BCUT2D eigenvalue weighted by Gasteiger charge is -2.15. The number of halogens is 5. The molecular formula is C11H6Cl2F3N. The van der Waals surface area contributed by atoms with Gasteiger partial charge in [-0.3, -0.25) is 0 Å². The summed E-state index contributed by atoms with van der Waals surface area (Å²) < 4.78 is 39.9. The number of benzene rings is 1. The Labute approximate surface area is 105 Å². The summed E-state index contributed by atoms with van der Waals surface area (Å²) in [6.45, 7) is 0. The minimum atomic E-state index is -4.51. The highest BCUT2D eigenvalue weighted by Crippen LogP contribution is 2.39. The second-order valence-electron chi connectivity index (χ2n) is 3.37. The minimum Gasteiger partial charge on any atom is -0.322 e. The Balaban J connectivity index is 2.73. The van der Waals surface area contributed by atoms with Crippen molar-refractivity contribution in [2.24, 2.45) is 0 Å². The Morgan fingerprint density at radius 1 is 1.00 bits per heavy atom. The largest absolute Gasteiger partial charge is 0.418 e. The van der Waals surface area contributed by atoms with Crippen LogP contribution < -0.4 is 0 Å². The molecule has 2 rings (SSSR count). The van der Waals surface area contributed by atoms with Gasteiger partial charge in [0.1, 0.15) is 0 Å². The van der Waals surface area contributed by atoms with E-state index >= 15 is 0 Å². The fourth-order valence-electron chi connectivity index (χ4n) is 1.53. The first-order valence-electron chi connectivity index (χ1n) is 4.59. The fourth-order valence-corrected chi connectivity index (χ4v) is 2.12. The number of hydrogen-bond donors (Lipinski definition) is 0. The van der Waals surface area contributed by atoms with Crippen molar-refractivity contribution >= 4 is 23.2 Å². The third-order valence-corrected chi connectivity index (χ3v) is 2.70. The van der Waals surface area contributed by atoms with E-state index in [1.807, 2.05) is 0 Å². The van der Waals surface area contributed by atoms with Crippen LogP contribution in [-0.4, -0.2) is 4.57 Å². The molecule has 0 unspecified atom stereocenters. The van der Waals surface area contributed by atoms with Gasteiger partial charge in [-0.1, -0.05) is 23.2 Å². The first-order valence-corrected chi connectivity index (χ1v) is 5.35. The monoisotopic (exact) mass is 279 g/mol. The van der Waals surface area contributed by atoms with Gasteiger partial charge in [0.25, 0.3) is 0 Å². The number of hydrogen-bond acceptors (Lipinski definition) is 0. The lowest BCUT2D eigenvalue weighted by atomic mass is 10.1. The Morgan fingerprint density at radius 3 is 2.12 bits per heavy atom. The summed E-state index contributed by atoms with van der Waals surface area (Å²) in [5.41, 5.74) is -0.972. The molecule has 0 spiro atoms. The molecule has 0 aliphatic carbocycles. The van der Waals surface area contributed by atoms with E-state index in [9.17, 15) is 13.2 Å². The van der Waals surface area contributed by atoms with Crippen molar-refractivity contribution in [1.82, 2.24) is 4.57 Å². The molecule has 0 amide bonds. The maximum Gasteiger partial charge on any atom is 0.418 e. The molecule has 0 fully saturated rings. The molecule has 90 valence electrons. The zero-order chi connectivity index (χ0) is 12.6. The van der Waals surface area contributed by atoms with Crippen molar-refractivity contribution in [1.29, 1.82) is 0 Å². The van der Waals surface area contributed by atoms with Gasteiger partial charge in [-0.2, -0.15) is 13.2 Å². The maximum absolute atomic E-state index is 12.9. The number of nitrogens with zero attached hydrogens (tertiary/aromatic N) is 1. The molecule has 6 heteroatoms. The van der Waals surface area contributed by atoms with Gasteiger partial charge >= 0.3 is 6.18 Å². The first-order chi connectivity index (χ1) is 7.89. The van der Waals surface area contributed by atoms with Gasteiger partial charge in [0.05, 0.1) is 16.3 Å². The Kier molecular flexibility index (Phi) is 3.10. The summed E-state index contributed by atoms with van der Waals surface area (Å²) in [5, 5.41) is -0.0840. The highest BCUT2D eigenvalue weighted by molar-refractivity contribution is 6.36. The van der Waals surface area contributed by atoms with E-state index in [1.54, 1.807) is 12.1 Å². The normalized spacial score (nSPS) is 11.8. The molecule has 1 aromatic carbocycles. The van der Waals surface area contributed by atoms with Gasteiger partial charge in [-0.05, 0) is 24.3 Å². The minimum absolute atomic E-state index is 0.0407. The maximum atomic E-state index is 12.9. The smallest absolute Gasteiger partial charge is 0.322 e. The van der Waals surface area contributed by atoms with Gasteiger partial charge in [-0.25, -0.2) is 0 Å². The molecule has 0 aliphatic heterocycles. The SMILES string of the molecule is FC(F)(F)c1cc(Cl)cc(Cl)c1-n1cccc1. The van der Waals surface area contributed by atoms with E-state index in [-0.39, 0.29) is 15.7 Å². The van der Waals surface area contributed by atoms with Crippen LogP contribution >= 0.6 is 23.2 Å². The van der Waals surface area contributed by atoms with Crippen molar-refractivity contribution < 1.29 is 13.2 Å². The van der Waals surface area contributed by atoms with Gasteiger partial charge in [0.15, 0.2) is 0 Å². The summed E-state index contributed by atoms with van der Waals surface area (Å²) in [6.07, 6.45) is -1.52. The van der Waals surface area contributed by atoms with Crippen molar-refractivity contribution in [3.63, 3.8) is 0 Å². The zero-order valence-corrected chi connectivity index (χ0v) is 9.81. The van der Waals surface area contributed by atoms with E-state index in [0.29, 0.717) is 0 Å². The molecule has 0 saturated carbocycles. The van der Waals surface area contributed by atoms with Crippen LogP contribution in [0.1, 0.15) is 5.56 Å². The van der Waals surface area contributed by atoms with Gasteiger partial charge in [-0.15, -0.1) is 0 Å². The summed E-state index contributed by atoms with van der Waals surface area (Å²) >= 11 is 11.4. The van der Waals surface area contributed by atoms with E-state index in [0.717, 1.165) is 6.07 Å². The lowest BCUT2D eigenvalue weighted by molar-refractivity contribution is -0.137. The predicted molar refractivity (Wildman–Crippen MR) is 60.8 cm³/mol. The molecule has 0 bridgehead atoms. The molecule has 0 saturated heterocycles. The molecule has 1 aromatic heterocycles. The zero-order valence-electron chi connectivity index (χ0n) is 8.30.